The maximum atomic E-state index is 12.1. The number of amides is 2. The van der Waals surface area contributed by atoms with Gasteiger partial charge in [-0.1, -0.05) is 0 Å². The van der Waals surface area contributed by atoms with Crippen LogP contribution in [0.2, 0.25) is 0 Å². The largest absolute Gasteiger partial charge is 0.351 e. The molecule has 8 heteroatoms. The fourth-order valence-corrected chi connectivity index (χ4v) is 4.02. The molecule has 2 aromatic rings. The Hall–Kier alpha value is -2.06. The van der Waals surface area contributed by atoms with Crippen molar-refractivity contribution in [3.05, 3.63) is 27.4 Å². The number of nitrogens with zero attached hydrogens (tertiary/aromatic N) is 3. The second kappa shape index (κ2) is 7.23. The van der Waals surface area contributed by atoms with Crippen molar-refractivity contribution in [2.24, 2.45) is 5.10 Å². The Morgan fingerprint density at radius 1 is 1.38 bits per heavy atom. The lowest BCUT2D eigenvalue weighted by Gasteiger charge is -2.18. The molecule has 2 amide bonds. The molecule has 1 aliphatic heterocycles. The molecule has 1 N–H and O–H groups in total. The number of hydrogen-bond acceptors (Lipinski definition) is 6. The molecule has 126 valence electrons. The van der Waals surface area contributed by atoms with Gasteiger partial charge >= 0.3 is 0 Å². The Morgan fingerprint density at radius 3 is 2.92 bits per heavy atom. The first kappa shape index (κ1) is 16.8. The number of carbonyl (C=O) groups excluding carboxylic acids is 2. The second-order valence-electron chi connectivity index (χ2n) is 5.49. The lowest BCUT2D eigenvalue weighted by molar-refractivity contribution is -0.130. The number of hydrogen-bond donors (Lipinski definition) is 1. The van der Waals surface area contributed by atoms with E-state index in [2.05, 4.69) is 32.9 Å². The van der Waals surface area contributed by atoms with Crippen LogP contribution in [0, 0.1) is 6.92 Å². The van der Waals surface area contributed by atoms with Gasteiger partial charge in [0.25, 0.3) is 5.91 Å². The van der Waals surface area contributed by atoms with Gasteiger partial charge in [0.1, 0.15) is 5.71 Å². The minimum Gasteiger partial charge on any atom is -0.351 e. The third-order valence-corrected chi connectivity index (χ3v) is 5.60. The van der Waals surface area contributed by atoms with Gasteiger partial charge in [-0.3, -0.25) is 9.59 Å². The SMILES string of the molecule is Cc1nc(-c2ccc(CCNC(=O)C3=NN(C)C(=O)CC3)s2)cs1. The van der Waals surface area contributed by atoms with Crippen molar-refractivity contribution in [2.75, 3.05) is 13.6 Å². The van der Waals surface area contributed by atoms with E-state index in [0.29, 0.717) is 25.1 Å². The monoisotopic (exact) mass is 362 g/mol. The van der Waals surface area contributed by atoms with Crippen LogP contribution in [0.3, 0.4) is 0 Å². The van der Waals surface area contributed by atoms with Gasteiger partial charge in [0, 0.05) is 36.7 Å². The minimum absolute atomic E-state index is 0.0602. The molecule has 6 nitrogen and oxygen atoms in total. The van der Waals surface area contributed by atoms with Crippen molar-refractivity contribution in [1.82, 2.24) is 15.3 Å². The average molecular weight is 362 g/mol. The van der Waals surface area contributed by atoms with Crippen LogP contribution in [-0.4, -0.2) is 41.1 Å². The topological polar surface area (TPSA) is 74.7 Å². The molecule has 1 aliphatic rings. The zero-order chi connectivity index (χ0) is 17.1. The highest BCUT2D eigenvalue weighted by Gasteiger charge is 2.21. The van der Waals surface area contributed by atoms with Crippen molar-refractivity contribution in [3.63, 3.8) is 0 Å². The van der Waals surface area contributed by atoms with E-state index in [4.69, 9.17) is 0 Å². The summed E-state index contributed by atoms with van der Waals surface area (Å²) in [6, 6.07) is 4.15. The molecule has 0 aliphatic carbocycles. The minimum atomic E-state index is -0.193. The number of nitrogens with one attached hydrogen (secondary N) is 1. The zero-order valence-electron chi connectivity index (χ0n) is 13.5. The highest BCUT2D eigenvalue weighted by molar-refractivity contribution is 7.16. The van der Waals surface area contributed by atoms with E-state index in [-0.39, 0.29) is 11.8 Å². The molecule has 2 aromatic heterocycles. The predicted octanol–water partition coefficient (Wildman–Crippen LogP) is 2.45. The van der Waals surface area contributed by atoms with Crippen molar-refractivity contribution in [2.45, 2.75) is 26.2 Å². The molecule has 0 atom stereocenters. The van der Waals surface area contributed by atoms with Crippen LogP contribution >= 0.6 is 22.7 Å². The fraction of sp³-hybridized carbons (Fsp3) is 0.375. The molecule has 0 fully saturated rings. The number of thiazole rings is 1. The van der Waals surface area contributed by atoms with E-state index in [1.54, 1.807) is 29.7 Å². The Kier molecular flexibility index (Phi) is 5.06. The standard InChI is InChI=1S/C16H18N4O2S2/c1-10-18-13(9-23-10)14-5-3-11(24-14)7-8-17-16(22)12-4-6-15(21)20(2)19-12/h3,5,9H,4,6-8H2,1-2H3,(H,17,22). The van der Waals surface area contributed by atoms with Crippen LogP contribution in [0.5, 0.6) is 0 Å². The molecular formula is C16H18N4O2S2. The third-order valence-electron chi connectivity index (χ3n) is 3.66. The summed E-state index contributed by atoms with van der Waals surface area (Å²) >= 11 is 3.34. The maximum absolute atomic E-state index is 12.1. The number of aromatic nitrogens is 1. The number of hydrazone groups is 1. The van der Waals surface area contributed by atoms with Crippen LogP contribution in [0.4, 0.5) is 0 Å². The van der Waals surface area contributed by atoms with E-state index in [0.717, 1.165) is 22.0 Å². The molecular weight excluding hydrogens is 344 g/mol. The van der Waals surface area contributed by atoms with Crippen LogP contribution in [0.15, 0.2) is 22.6 Å². The molecule has 0 saturated carbocycles. The Bertz CT molecular complexity index is 794. The Balaban J connectivity index is 1.52. The van der Waals surface area contributed by atoms with E-state index in [9.17, 15) is 9.59 Å². The summed E-state index contributed by atoms with van der Waals surface area (Å²) in [5.41, 5.74) is 1.43. The summed E-state index contributed by atoms with van der Waals surface area (Å²) in [6.45, 7) is 2.54. The van der Waals surface area contributed by atoms with E-state index in [1.165, 1.54) is 9.89 Å². The number of thiophene rings is 1. The van der Waals surface area contributed by atoms with Crippen molar-refractivity contribution in [1.29, 1.82) is 0 Å². The van der Waals surface area contributed by atoms with Crippen LogP contribution in [0.25, 0.3) is 10.6 Å². The van der Waals surface area contributed by atoms with Gasteiger partial charge in [0.05, 0.1) is 15.6 Å². The van der Waals surface area contributed by atoms with Crippen molar-refractivity contribution < 1.29 is 9.59 Å². The molecule has 0 bridgehead atoms. The summed E-state index contributed by atoms with van der Waals surface area (Å²) in [6.07, 6.45) is 1.51. The molecule has 3 heterocycles. The summed E-state index contributed by atoms with van der Waals surface area (Å²) in [7, 11) is 1.57. The highest BCUT2D eigenvalue weighted by Crippen LogP contribution is 2.29. The summed E-state index contributed by atoms with van der Waals surface area (Å²) in [4.78, 5) is 30.3. The summed E-state index contributed by atoms with van der Waals surface area (Å²) in [5, 5.41) is 11.2. The lowest BCUT2D eigenvalue weighted by atomic mass is 10.1. The van der Waals surface area contributed by atoms with Crippen molar-refractivity contribution in [3.8, 4) is 10.6 Å². The molecule has 0 spiro atoms. The maximum Gasteiger partial charge on any atom is 0.267 e. The first-order valence-corrected chi connectivity index (χ1v) is 9.36. The zero-order valence-corrected chi connectivity index (χ0v) is 15.2. The van der Waals surface area contributed by atoms with Crippen LogP contribution < -0.4 is 5.32 Å². The lowest BCUT2D eigenvalue weighted by Crippen LogP contribution is -2.38. The predicted molar refractivity (Wildman–Crippen MR) is 96.3 cm³/mol. The Labute approximate surface area is 148 Å². The van der Waals surface area contributed by atoms with Gasteiger partial charge in [-0.25, -0.2) is 9.99 Å². The summed E-state index contributed by atoms with van der Waals surface area (Å²) in [5.74, 6) is -0.254. The van der Waals surface area contributed by atoms with Gasteiger partial charge in [-0.15, -0.1) is 22.7 Å². The smallest absolute Gasteiger partial charge is 0.267 e. The van der Waals surface area contributed by atoms with E-state index >= 15 is 0 Å². The van der Waals surface area contributed by atoms with Gasteiger partial charge in [-0.2, -0.15) is 5.10 Å². The van der Waals surface area contributed by atoms with Gasteiger partial charge in [0.2, 0.25) is 5.91 Å². The van der Waals surface area contributed by atoms with E-state index < -0.39 is 0 Å². The van der Waals surface area contributed by atoms with E-state index in [1.807, 2.05) is 6.92 Å². The molecule has 0 radical (unpaired) electrons. The van der Waals surface area contributed by atoms with Crippen LogP contribution in [-0.2, 0) is 16.0 Å². The molecule has 24 heavy (non-hydrogen) atoms. The van der Waals surface area contributed by atoms with Crippen LogP contribution in [0.1, 0.15) is 22.7 Å². The number of carbonyl (C=O) groups is 2. The fourth-order valence-electron chi connectivity index (χ4n) is 2.36. The third kappa shape index (κ3) is 3.88. The summed E-state index contributed by atoms with van der Waals surface area (Å²) < 4.78 is 0. The van der Waals surface area contributed by atoms with Gasteiger partial charge in [-0.05, 0) is 25.5 Å². The second-order valence-corrected chi connectivity index (χ2v) is 7.72. The number of rotatable bonds is 5. The molecule has 3 rings (SSSR count). The molecule has 0 aromatic carbocycles. The first-order chi connectivity index (χ1) is 11.5. The normalized spacial score (nSPS) is 14.7. The van der Waals surface area contributed by atoms with Gasteiger partial charge in [0.15, 0.2) is 0 Å². The molecule has 0 saturated heterocycles. The first-order valence-electron chi connectivity index (χ1n) is 7.66. The highest BCUT2D eigenvalue weighted by atomic mass is 32.1. The Morgan fingerprint density at radius 2 is 2.21 bits per heavy atom. The van der Waals surface area contributed by atoms with Crippen molar-refractivity contribution >= 4 is 40.2 Å². The molecule has 0 unspecified atom stereocenters. The number of aryl methyl sites for hydroxylation is 1. The van der Waals surface area contributed by atoms with Gasteiger partial charge < -0.3 is 5.32 Å². The average Bonchev–Trinajstić information content (AvgIpc) is 3.19. The quantitative estimate of drug-likeness (QED) is 0.888.